The molecule has 0 N–H and O–H groups in total. The lowest BCUT2D eigenvalue weighted by molar-refractivity contribution is 0.0691. The molecule has 0 bridgehead atoms. The molecule has 2 heterocycles. The number of hydrogen-bond donors (Lipinski definition) is 0. The highest BCUT2D eigenvalue weighted by molar-refractivity contribution is 5.12. The van der Waals surface area contributed by atoms with Crippen molar-refractivity contribution in [2.45, 2.75) is 58.6 Å². The zero-order valence-corrected chi connectivity index (χ0v) is 10.3. The van der Waals surface area contributed by atoms with Crippen LogP contribution in [0.15, 0.2) is 0 Å². The maximum atomic E-state index is 13.8. The first kappa shape index (κ1) is 8.98. The van der Waals surface area contributed by atoms with Crippen molar-refractivity contribution in [1.82, 2.24) is 4.90 Å². The number of nitrogens with zero attached hydrogens (tertiary/aromatic N) is 1. The summed E-state index contributed by atoms with van der Waals surface area (Å²) in [5.41, 5.74) is -0.769. The van der Waals surface area contributed by atoms with Crippen LogP contribution in [0.25, 0.3) is 0 Å². The zero-order chi connectivity index (χ0) is 13.1. The Hall–Kier alpha value is -0.110. The lowest BCUT2D eigenvalue weighted by Gasteiger charge is -2.44. The van der Waals surface area contributed by atoms with Crippen molar-refractivity contribution >= 4 is 0 Å². The summed E-state index contributed by atoms with van der Waals surface area (Å²) in [4.78, 5) is 2.08. The quantitative estimate of drug-likeness (QED) is 0.683. The van der Waals surface area contributed by atoms with Gasteiger partial charge in [0.15, 0.2) is 0 Å². The number of fused-ring (bicyclic) bond motifs is 1. The molecule has 0 aromatic heterocycles. The van der Waals surface area contributed by atoms with Crippen molar-refractivity contribution in [2.75, 3.05) is 13.1 Å². The first-order chi connectivity index (χ1) is 7.65. The number of halogens is 1. The second kappa shape index (κ2) is 3.44. The molecule has 2 rings (SSSR count). The summed E-state index contributed by atoms with van der Waals surface area (Å²) in [7, 11) is 0. The van der Waals surface area contributed by atoms with Gasteiger partial charge in [-0.3, -0.25) is 4.90 Å². The van der Waals surface area contributed by atoms with Gasteiger partial charge in [-0.2, -0.15) is 0 Å². The van der Waals surface area contributed by atoms with Gasteiger partial charge in [-0.1, -0.05) is 27.7 Å². The SMILES string of the molecule is [2H]C([2H])(C(C)C)[C@]12C[C@@H](F)CN1CCC2(C)C. The minimum Gasteiger partial charge on any atom is -0.294 e. The van der Waals surface area contributed by atoms with Crippen LogP contribution in [0, 0.1) is 11.3 Å². The highest BCUT2D eigenvalue weighted by Gasteiger charge is 2.58. The molecule has 0 spiro atoms. The Morgan fingerprint density at radius 2 is 2.20 bits per heavy atom. The summed E-state index contributed by atoms with van der Waals surface area (Å²) >= 11 is 0. The predicted octanol–water partition coefficient (Wildman–Crippen LogP) is 3.25. The molecule has 2 aliphatic rings. The summed E-state index contributed by atoms with van der Waals surface area (Å²) in [5, 5.41) is 0. The van der Waals surface area contributed by atoms with E-state index in [2.05, 4.69) is 18.7 Å². The largest absolute Gasteiger partial charge is 0.294 e. The summed E-state index contributed by atoms with van der Waals surface area (Å²) in [6, 6.07) is 0. The third-order valence-electron chi connectivity index (χ3n) is 4.13. The van der Waals surface area contributed by atoms with Crippen molar-refractivity contribution in [2.24, 2.45) is 11.3 Å². The molecule has 1 nitrogen and oxygen atoms in total. The topological polar surface area (TPSA) is 3.24 Å². The van der Waals surface area contributed by atoms with E-state index in [9.17, 15) is 4.39 Å². The smallest absolute Gasteiger partial charge is 0.115 e. The summed E-state index contributed by atoms with van der Waals surface area (Å²) in [6.45, 7) is 9.27. The molecule has 2 fully saturated rings. The Balaban J connectivity index is 2.49. The van der Waals surface area contributed by atoms with Crippen LogP contribution in [-0.4, -0.2) is 29.7 Å². The molecule has 2 aliphatic heterocycles. The van der Waals surface area contributed by atoms with E-state index in [0.717, 1.165) is 13.0 Å². The first-order valence-corrected chi connectivity index (χ1v) is 6.04. The third kappa shape index (κ3) is 1.61. The lowest BCUT2D eigenvalue weighted by Crippen LogP contribution is -2.48. The minimum atomic E-state index is -1.34. The predicted molar refractivity (Wildman–Crippen MR) is 61.7 cm³/mol. The highest BCUT2D eigenvalue weighted by Crippen LogP contribution is 2.54. The molecule has 0 aliphatic carbocycles. The van der Waals surface area contributed by atoms with Gasteiger partial charge in [0.1, 0.15) is 6.17 Å². The van der Waals surface area contributed by atoms with Gasteiger partial charge in [0.05, 0.1) is 0 Å². The Bertz CT molecular complexity index is 317. The molecule has 2 atom stereocenters. The van der Waals surface area contributed by atoms with Crippen molar-refractivity contribution in [3.63, 3.8) is 0 Å². The zero-order valence-electron chi connectivity index (χ0n) is 12.3. The molecule has 88 valence electrons. The van der Waals surface area contributed by atoms with Gasteiger partial charge < -0.3 is 0 Å². The maximum Gasteiger partial charge on any atom is 0.115 e. The van der Waals surface area contributed by atoms with Crippen LogP contribution in [0.3, 0.4) is 0 Å². The molecular weight excluding hydrogens is 189 g/mol. The van der Waals surface area contributed by atoms with Crippen LogP contribution >= 0.6 is 0 Å². The van der Waals surface area contributed by atoms with Gasteiger partial charge in [-0.15, -0.1) is 0 Å². The monoisotopic (exact) mass is 215 g/mol. The van der Waals surface area contributed by atoms with Crippen molar-refractivity contribution in [1.29, 1.82) is 0 Å². The van der Waals surface area contributed by atoms with Crippen LogP contribution in [-0.2, 0) is 0 Å². The molecule has 0 amide bonds. The van der Waals surface area contributed by atoms with E-state index in [-0.39, 0.29) is 11.3 Å². The van der Waals surface area contributed by atoms with Crippen LogP contribution in [0.4, 0.5) is 4.39 Å². The first-order valence-electron chi connectivity index (χ1n) is 7.04. The standard InChI is InChI=1S/C13H24FN/c1-10(2)7-13-8-11(14)9-15(13)6-5-12(13,3)4/h10-11H,5-9H2,1-4H3/t11-,13-/m1/s1/i7D2. The second-order valence-electron chi connectivity index (χ2n) is 6.04. The average molecular weight is 215 g/mol. The van der Waals surface area contributed by atoms with Crippen molar-refractivity contribution < 1.29 is 7.13 Å². The molecule has 0 unspecified atom stereocenters. The van der Waals surface area contributed by atoms with Crippen LogP contribution in [0.2, 0.25) is 0 Å². The van der Waals surface area contributed by atoms with Crippen LogP contribution in [0.5, 0.6) is 0 Å². The molecule has 0 aromatic rings. The van der Waals surface area contributed by atoms with E-state index in [1.807, 2.05) is 13.8 Å². The van der Waals surface area contributed by atoms with E-state index < -0.39 is 18.1 Å². The minimum absolute atomic E-state index is 0.0901. The van der Waals surface area contributed by atoms with Gasteiger partial charge in [0.25, 0.3) is 0 Å². The molecule has 0 radical (unpaired) electrons. The lowest BCUT2D eigenvalue weighted by atomic mass is 9.68. The van der Waals surface area contributed by atoms with E-state index in [1.165, 1.54) is 0 Å². The molecular formula is C13H24FN. The second-order valence-corrected chi connectivity index (χ2v) is 6.04. The highest BCUT2D eigenvalue weighted by atomic mass is 19.1. The summed E-state index contributed by atoms with van der Waals surface area (Å²) in [6.07, 6.45) is -0.895. The Labute approximate surface area is 95.8 Å². The Morgan fingerprint density at radius 1 is 1.53 bits per heavy atom. The van der Waals surface area contributed by atoms with Crippen LogP contribution < -0.4 is 0 Å². The van der Waals surface area contributed by atoms with Gasteiger partial charge in [-0.05, 0) is 37.1 Å². The number of rotatable bonds is 2. The Kier molecular flexibility index (Phi) is 2.06. The van der Waals surface area contributed by atoms with Gasteiger partial charge in [-0.25, -0.2) is 4.39 Å². The van der Waals surface area contributed by atoms with E-state index in [0.29, 0.717) is 13.0 Å². The molecule has 2 saturated heterocycles. The molecule has 0 saturated carbocycles. The van der Waals surface area contributed by atoms with Gasteiger partial charge in [0, 0.05) is 14.8 Å². The summed E-state index contributed by atoms with van der Waals surface area (Å²) < 4.78 is 30.8. The van der Waals surface area contributed by atoms with Crippen LogP contribution in [0.1, 0.15) is 49.7 Å². The van der Waals surface area contributed by atoms with Gasteiger partial charge >= 0.3 is 0 Å². The Morgan fingerprint density at radius 3 is 2.80 bits per heavy atom. The summed E-state index contributed by atoms with van der Waals surface area (Å²) in [5.74, 6) is -0.0901. The van der Waals surface area contributed by atoms with Gasteiger partial charge in [0.2, 0.25) is 0 Å². The third-order valence-corrected chi connectivity index (χ3v) is 4.13. The fraction of sp³-hybridized carbons (Fsp3) is 1.00. The fourth-order valence-corrected chi connectivity index (χ4v) is 3.34. The van der Waals surface area contributed by atoms with E-state index in [1.54, 1.807) is 0 Å². The molecule has 0 aromatic carbocycles. The maximum absolute atomic E-state index is 13.8. The van der Waals surface area contributed by atoms with E-state index >= 15 is 0 Å². The normalized spacial score (nSPS) is 42.9. The fourth-order valence-electron chi connectivity index (χ4n) is 3.34. The molecule has 2 heteroatoms. The van der Waals surface area contributed by atoms with E-state index in [4.69, 9.17) is 2.74 Å². The average Bonchev–Trinajstić information content (AvgIpc) is 2.63. The molecule has 15 heavy (non-hydrogen) atoms. The number of hydrogen-bond acceptors (Lipinski definition) is 1. The van der Waals surface area contributed by atoms with Crippen molar-refractivity contribution in [3.05, 3.63) is 0 Å². The van der Waals surface area contributed by atoms with Crippen molar-refractivity contribution in [3.8, 4) is 0 Å². The number of alkyl halides is 1.